The summed E-state index contributed by atoms with van der Waals surface area (Å²) in [5, 5.41) is 21.5. The third-order valence-corrected chi connectivity index (χ3v) is 3.34. The van der Waals surface area contributed by atoms with E-state index < -0.39 is 5.97 Å². The first-order valence-corrected chi connectivity index (χ1v) is 6.77. The van der Waals surface area contributed by atoms with E-state index in [9.17, 15) is 4.79 Å². The second kappa shape index (κ2) is 6.90. The molecular weight excluding hydrogens is 290 g/mol. The molecule has 5 heteroatoms. The molecule has 0 aliphatic carbocycles. The summed E-state index contributed by atoms with van der Waals surface area (Å²) in [5.41, 5.74) is 3.10. The zero-order valence-corrected chi connectivity index (χ0v) is 11.9. The molecule has 0 saturated carbocycles. The summed E-state index contributed by atoms with van der Waals surface area (Å²) in [5.74, 6) is -0.922. The highest BCUT2D eigenvalue weighted by Crippen LogP contribution is 2.22. The van der Waals surface area contributed by atoms with Gasteiger partial charge in [0.15, 0.2) is 0 Å². The first-order valence-electron chi connectivity index (χ1n) is 6.39. The standard InChI is InChI=1S/C16H14ClNO3/c17-14-7-5-12(6-8-14)11-1-3-13(4-2-11)15(18-21)9-10-16(19)20/h1-8,21H,9-10H2,(H,19,20). The molecule has 2 aromatic rings. The van der Waals surface area contributed by atoms with Gasteiger partial charge in [-0.25, -0.2) is 0 Å². The van der Waals surface area contributed by atoms with Crippen molar-refractivity contribution in [1.29, 1.82) is 0 Å². The quantitative estimate of drug-likeness (QED) is 0.497. The van der Waals surface area contributed by atoms with Crippen LogP contribution in [-0.2, 0) is 4.79 Å². The number of carboxylic acid groups (broad SMARTS) is 1. The molecule has 0 unspecified atom stereocenters. The Labute approximate surface area is 127 Å². The number of hydrogen-bond acceptors (Lipinski definition) is 3. The highest BCUT2D eigenvalue weighted by Gasteiger charge is 2.08. The molecule has 21 heavy (non-hydrogen) atoms. The van der Waals surface area contributed by atoms with E-state index >= 15 is 0 Å². The van der Waals surface area contributed by atoms with E-state index in [4.69, 9.17) is 21.9 Å². The highest BCUT2D eigenvalue weighted by molar-refractivity contribution is 6.30. The molecule has 108 valence electrons. The van der Waals surface area contributed by atoms with Gasteiger partial charge in [-0.05, 0) is 28.8 Å². The lowest BCUT2D eigenvalue weighted by molar-refractivity contribution is -0.136. The molecule has 0 aliphatic heterocycles. The van der Waals surface area contributed by atoms with Crippen LogP contribution < -0.4 is 0 Å². The molecule has 0 spiro atoms. The maximum absolute atomic E-state index is 10.6. The van der Waals surface area contributed by atoms with Crippen molar-refractivity contribution in [3.05, 3.63) is 59.1 Å². The minimum atomic E-state index is -0.922. The van der Waals surface area contributed by atoms with Crippen LogP contribution in [0.25, 0.3) is 11.1 Å². The molecule has 0 radical (unpaired) electrons. The van der Waals surface area contributed by atoms with E-state index in [0.29, 0.717) is 16.3 Å². The van der Waals surface area contributed by atoms with Gasteiger partial charge < -0.3 is 10.3 Å². The lowest BCUT2D eigenvalue weighted by Crippen LogP contribution is -2.05. The Balaban J connectivity index is 2.18. The molecule has 2 N–H and O–H groups in total. The van der Waals surface area contributed by atoms with Gasteiger partial charge in [-0.15, -0.1) is 0 Å². The Bertz CT molecular complexity index is 648. The summed E-state index contributed by atoms with van der Waals surface area (Å²) in [4.78, 5) is 10.6. The van der Waals surface area contributed by atoms with Crippen LogP contribution in [0.5, 0.6) is 0 Å². The van der Waals surface area contributed by atoms with Gasteiger partial charge in [-0.3, -0.25) is 4.79 Å². The molecule has 0 heterocycles. The van der Waals surface area contributed by atoms with Crippen molar-refractivity contribution in [3.63, 3.8) is 0 Å². The second-order valence-electron chi connectivity index (χ2n) is 4.52. The van der Waals surface area contributed by atoms with Crippen molar-refractivity contribution in [3.8, 4) is 11.1 Å². The molecule has 0 aliphatic rings. The Morgan fingerprint density at radius 1 is 0.952 bits per heavy atom. The third kappa shape index (κ3) is 4.07. The van der Waals surface area contributed by atoms with Crippen LogP contribution in [0, 0.1) is 0 Å². The summed E-state index contributed by atoms with van der Waals surface area (Å²) in [6.45, 7) is 0. The van der Waals surface area contributed by atoms with Crippen molar-refractivity contribution in [2.45, 2.75) is 12.8 Å². The predicted octanol–water partition coefficient (Wildman–Crippen LogP) is 4.05. The van der Waals surface area contributed by atoms with Crippen LogP contribution in [0.3, 0.4) is 0 Å². The van der Waals surface area contributed by atoms with Crippen LogP contribution in [0.1, 0.15) is 18.4 Å². The van der Waals surface area contributed by atoms with E-state index in [1.54, 1.807) is 12.1 Å². The number of carboxylic acids is 1. The molecule has 2 rings (SSSR count). The van der Waals surface area contributed by atoms with Gasteiger partial charge in [0.2, 0.25) is 0 Å². The first kappa shape index (κ1) is 15.1. The zero-order valence-electron chi connectivity index (χ0n) is 11.2. The van der Waals surface area contributed by atoms with Gasteiger partial charge in [-0.1, -0.05) is 53.2 Å². The molecule has 0 amide bonds. The summed E-state index contributed by atoms with van der Waals surface area (Å²) in [6, 6.07) is 14.9. The maximum atomic E-state index is 10.6. The fourth-order valence-corrected chi connectivity index (χ4v) is 2.10. The summed E-state index contributed by atoms with van der Waals surface area (Å²) in [7, 11) is 0. The lowest BCUT2D eigenvalue weighted by Gasteiger charge is -2.06. The molecule has 0 atom stereocenters. The van der Waals surface area contributed by atoms with Gasteiger partial charge in [0.05, 0.1) is 12.1 Å². The van der Waals surface area contributed by atoms with E-state index in [-0.39, 0.29) is 12.8 Å². The van der Waals surface area contributed by atoms with E-state index in [1.165, 1.54) is 0 Å². The van der Waals surface area contributed by atoms with Gasteiger partial charge in [0, 0.05) is 11.4 Å². The fraction of sp³-hybridized carbons (Fsp3) is 0.125. The van der Waals surface area contributed by atoms with E-state index in [2.05, 4.69) is 5.16 Å². The molecule has 0 saturated heterocycles. The number of halogens is 1. The number of nitrogens with zero attached hydrogens (tertiary/aromatic N) is 1. The number of rotatable bonds is 5. The minimum absolute atomic E-state index is 0.0711. The zero-order chi connectivity index (χ0) is 15.2. The summed E-state index contributed by atoms with van der Waals surface area (Å²) < 4.78 is 0. The molecule has 4 nitrogen and oxygen atoms in total. The number of benzene rings is 2. The van der Waals surface area contributed by atoms with Crippen molar-refractivity contribution < 1.29 is 15.1 Å². The fourth-order valence-electron chi connectivity index (χ4n) is 1.97. The van der Waals surface area contributed by atoms with Crippen molar-refractivity contribution in [2.24, 2.45) is 5.16 Å². The van der Waals surface area contributed by atoms with Crippen molar-refractivity contribution in [2.75, 3.05) is 0 Å². The Hall–Kier alpha value is -2.33. The third-order valence-electron chi connectivity index (χ3n) is 3.09. The van der Waals surface area contributed by atoms with Crippen LogP contribution in [-0.4, -0.2) is 22.0 Å². The monoisotopic (exact) mass is 303 g/mol. The largest absolute Gasteiger partial charge is 0.481 e. The van der Waals surface area contributed by atoms with E-state index in [1.807, 2.05) is 36.4 Å². The van der Waals surface area contributed by atoms with Gasteiger partial charge in [0.1, 0.15) is 0 Å². The number of carbonyl (C=O) groups is 1. The van der Waals surface area contributed by atoms with Crippen LogP contribution in [0.4, 0.5) is 0 Å². The molecular formula is C16H14ClNO3. The highest BCUT2D eigenvalue weighted by atomic mass is 35.5. The normalized spacial score (nSPS) is 11.4. The van der Waals surface area contributed by atoms with Crippen LogP contribution in [0.15, 0.2) is 53.7 Å². The lowest BCUT2D eigenvalue weighted by atomic mass is 10.0. The van der Waals surface area contributed by atoms with Crippen molar-refractivity contribution >= 4 is 23.3 Å². The molecule has 0 aromatic heterocycles. The van der Waals surface area contributed by atoms with Crippen LogP contribution in [0.2, 0.25) is 5.02 Å². The minimum Gasteiger partial charge on any atom is -0.481 e. The Kier molecular flexibility index (Phi) is 4.95. The number of oxime groups is 1. The van der Waals surface area contributed by atoms with Crippen LogP contribution >= 0.6 is 11.6 Å². The number of aliphatic carboxylic acids is 1. The van der Waals surface area contributed by atoms with Crippen molar-refractivity contribution in [1.82, 2.24) is 0 Å². The van der Waals surface area contributed by atoms with Gasteiger partial charge in [-0.2, -0.15) is 0 Å². The molecule has 0 bridgehead atoms. The van der Waals surface area contributed by atoms with E-state index in [0.717, 1.165) is 11.1 Å². The molecule has 0 fully saturated rings. The van der Waals surface area contributed by atoms with Gasteiger partial charge >= 0.3 is 5.97 Å². The Morgan fingerprint density at radius 2 is 1.48 bits per heavy atom. The smallest absolute Gasteiger partial charge is 0.303 e. The second-order valence-corrected chi connectivity index (χ2v) is 4.96. The first-order chi connectivity index (χ1) is 10.1. The summed E-state index contributed by atoms with van der Waals surface area (Å²) >= 11 is 5.85. The maximum Gasteiger partial charge on any atom is 0.303 e. The predicted molar refractivity (Wildman–Crippen MR) is 82.1 cm³/mol. The number of hydrogen-bond donors (Lipinski definition) is 2. The Morgan fingerprint density at radius 3 is 1.95 bits per heavy atom. The van der Waals surface area contributed by atoms with Gasteiger partial charge in [0.25, 0.3) is 0 Å². The SMILES string of the molecule is O=C(O)CCC(=NO)c1ccc(-c2ccc(Cl)cc2)cc1. The topological polar surface area (TPSA) is 69.9 Å². The summed E-state index contributed by atoms with van der Waals surface area (Å²) in [6.07, 6.45) is 0.116. The molecule has 2 aromatic carbocycles. The average Bonchev–Trinajstić information content (AvgIpc) is 2.49. The average molecular weight is 304 g/mol.